The molecule has 0 spiro atoms. The third-order valence-corrected chi connectivity index (χ3v) is 16.4. The number of rotatable bonds is 56. The molecule has 0 saturated heterocycles. The van der Waals surface area contributed by atoms with Crippen LogP contribution in [0.25, 0.3) is 0 Å². The molecule has 0 radical (unpaired) electrons. The van der Waals surface area contributed by atoms with E-state index in [4.69, 9.17) is 62.9 Å². The number of anilines is 3. The smallest absolute Gasteiger partial charge is 0.305 e. The van der Waals surface area contributed by atoms with E-state index >= 15 is 0 Å². The predicted molar refractivity (Wildman–Crippen MR) is 353 cm³/mol. The van der Waals surface area contributed by atoms with Crippen LogP contribution in [0.3, 0.4) is 0 Å². The van der Waals surface area contributed by atoms with Crippen LogP contribution in [0.5, 0.6) is 11.5 Å². The van der Waals surface area contributed by atoms with Crippen LogP contribution in [-0.2, 0) is 71.8 Å². The second-order valence-electron chi connectivity index (χ2n) is 22.2. The van der Waals surface area contributed by atoms with E-state index in [9.17, 15) is 42.4 Å². The number of nitriles is 1. The normalized spacial score (nSPS) is 11.3. The predicted octanol–water partition coefficient (Wildman–Crippen LogP) is 9.54. The third-order valence-electron chi connectivity index (χ3n) is 14.7. The fraction of sp³-hybridized carbons (Fsp3) is 0.642. The first kappa shape index (κ1) is 81.7. The number of nitrogens with one attached hydrogen (secondary N) is 2. The Morgan fingerprint density at radius 2 is 0.968 bits per heavy atom. The van der Waals surface area contributed by atoms with Crippen LogP contribution in [0.1, 0.15) is 165 Å². The first-order chi connectivity index (χ1) is 46.1. The molecule has 0 saturated carbocycles. The van der Waals surface area contributed by atoms with Crippen LogP contribution in [0.2, 0.25) is 0 Å². The molecule has 1 heterocycles. The zero-order chi connectivity index (χ0) is 69.2. The Bertz CT molecular complexity index is 2860. The van der Waals surface area contributed by atoms with Crippen LogP contribution < -0.4 is 20.1 Å². The maximum Gasteiger partial charge on any atom is 0.305 e. The minimum absolute atomic E-state index is 0.0209. The number of benzene rings is 2. The van der Waals surface area contributed by atoms with Crippen molar-refractivity contribution in [1.29, 1.82) is 5.26 Å². The summed E-state index contributed by atoms with van der Waals surface area (Å²) < 4.78 is 77.7. The molecule has 0 atom stereocenters. The van der Waals surface area contributed by atoms with Crippen LogP contribution in [-0.4, -0.2) is 188 Å². The molecule has 0 aliphatic heterocycles. The Kier molecular flexibility index (Phi) is 43.7. The fourth-order valence-electron chi connectivity index (χ4n) is 9.24. The van der Waals surface area contributed by atoms with Gasteiger partial charge >= 0.3 is 35.8 Å². The fourth-order valence-corrected chi connectivity index (χ4v) is 10.7. The molecule has 0 amide bonds. The summed E-state index contributed by atoms with van der Waals surface area (Å²) in [6.07, 6.45) is 12.7. The molecule has 530 valence electrons. The number of unbranched alkanes of at least 4 members (excludes halogenated alkanes) is 12. The highest BCUT2D eigenvalue weighted by Gasteiger charge is 2.26. The molecule has 0 aliphatic carbocycles. The monoisotopic (exact) mass is 1360 g/mol. The van der Waals surface area contributed by atoms with Crippen molar-refractivity contribution in [1.82, 2.24) is 9.88 Å². The largest absolute Gasteiger partial charge is 0.495 e. The van der Waals surface area contributed by atoms with Gasteiger partial charge in [-0.15, -0.1) is 10.2 Å². The van der Waals surface area contributed by atoms with Gasteiger partial charge in [0.05, 0.1) is 58.6 Å². The van der Waals surface area contributed by atoms with Gasteiger partial charge in [-0.05, 0) is 115 Å². The summed E-state index contributed by atoms with van der Waals surface area (Å²) >= 11 is 0. The van der Waals surface area contributed by atoms with Crippen molar-refractivity contribution in [2.24, 2.45) is 10.2 Å². The molecule has 95 heavy (non-hydrogen) atoms. The standard InChI is InChI=1S/C67H101N7O20S/c1-52-54(51-68)66(69-33-43-88-46-47-94-64(83)32-18-10-24-42-91-61(80)29-15-7-21-39-77)71-67(70-53-25-11-4-12-26-53)65(52)73-72-55-49-57(87-3)58(50-56(55)86-2)95(84,85)48-36-74(34-44-92-62(81)30-16-8-22-40-89-59(78)27-13-5-19-37-75)35-45-93-63(82)31-17-9-23-41-90-60(79)28-14-6-20-38-76/h4,11-12,25-26,49-50,75-77H,5-10,13-24,27-48H2,1-3H3,(H2,69,70,71). The van der Waals surface area contributed by atoms with Gasteiger partial charge in [0.1, 0.15) is 59.5 Å². The summed E-state index contributed by atoms with van der Waals surface area (Å²) in [5.41, 5.74) is 1.46. The number of carbonyl (C=O) groups is 6. The summed E-state index contributed by atoms with van der Waals surface area (Å²) in [6.45, 7) is 3.21. The second kappa shape index (κ2) is 50.8. The molecule has 28 heteroatoms. The van der Waals surface area contributed by atoms with E-state index in [1.807, 2.05) is 30.3 Å². The quantitative estimate of drug-likeness (QED) is 0.0152. The van der Waals surface area contributed by atoms with Gasteiger partial charge in [0.2, 0.25) is 0 Å². The lowest BCUT2D eigenvalue weighted by molar-refractivity contribution is -0.146. The van der Waals surface area contributed by atoms with Gasteiger partial charge in [-0.1, -0.05) is 37.5 Å². The zero-order valence-electron chi connectivity index (χ0n) is 55.8. The Hall–Kier alpha value is -7.55. The average Bonchev–Trinajstić information content (AvgIpc) is 0.799. The number of sulfone groups is 1. The van der Waals surface area contributed by atoms with E-state index in [0.29, 0.717) is 114 Å². The molecular weight excluding hydrogens is 1250 g/mol. The summed E-state index contributed by atoms with van der Waals surface area (Å²) in [4.78, 5) is 79.7. The Morgan fingerprint density at radius 3 is 1.41 bits per heavy atom. The van der Waals surface area contributed by atoms with Crippen molar-refractivity contribution in [3.05, 3.63) is 53.6 Å². The molecule has 0 bridgehead atoms. The lowest BCUT2D eigenvalue weighted by Crippen LogP contribution is -2.36. The first-order valence-electron chi connectivity index (χ1n) is 33.1. The van der Waals surface area contributed by atoms with Crippen molar-refractivity contribution < 1.29 is 95.1 Å². The maximum absolute atomic E-state index is 14.3. The number of aromatic nitrogens is 1. The molecule has 0 fully saturated rings. The molecule has 1 aromatic heterocycles. The SMILES string of the molecule is COc1cc(S(=O)(=O)CCN(CCOC(=O)CCCCCOC(=O)CCCCCO)CCOC(=O)CCCCCOC(=O)CCCCCO)c(OC)cc1N=Nc1c(Nc2ccccc2)nc(NCCOCCOC(=O)CCCCCOC(=O)CCCCCO)c(C#N)c1C. The van der Waals surface area contributed by atoms with Gasteiger partial charge in [0, 0.05) is 108 Å². The second-order valence-corrected chi connectivity index (χ2v) is 24.3. The van der Waals surface area contributed by atoms with Crippen molar-refractivity contribution in [3.8, 4) is 17.6 Å². The Labute approximate surface area is 559 Å². The molecule has 3 aromatic rings. The lowest BCUT2D eigenvalue weighted by Gasteiger charge is -2.22. The highest BCUT2D eigenvalue weighted by molar-refractivity contribution is 7.91. The van der Waals surface area contributed by atoms with Crippen LogP contribution in [0, 0.1) is 18.3 Å². The molecule has 0 aliphatic rings. The first-order valence-corrected chi connectivity index (χ1v) is 34.7. The molecule has 2 aromatic carbocycles. The van der Waals surface area contributed by atoms with Crippen molar-refractivity contribution in [2.45, 2.75) is 166 Å². The molecule has 3 rings (SSSR count). The average molecular weight is 1360 g/mol. The number of hydrogen-bond donors (Lipinski definition) is 5. The van der Waals surface area contributed by atoms with Crippen molar-refractivity contribution >= 4 is 74.4 Å². The molecule has 27 nitrogen and oxygen atoms in total. The molecular formula is C67H101N7O20S. The van der Waals surface area contributed by atoms with Crippen molar-refractivity contribution in [2.75, 3.05) is 129 Å². The number of aliphatic hydroxyl groups excluding tert-OH is 3. The Morgan fingerprint density at radius 1 is 0.526 bits per heavy atom. The van der Waals surface area contributed by atoms with E-state index in [1.54, 1.807) is 11.8 Å². The Balaban J connectivity index is 1.67. The number of azo groups is 1. The summed E-state index contributed by atoms with van der Waals surface area (Å²) in [5, 5.41) is 52.6. The summed E-state index contributed by atoms with van der Waals surface area (Å²) in [5.74, 6) is -2.21. The van der Waals surface area contributed by atoms with Gasteiger partial charge in [-0.2, -0.15) is 5.26 Å². The van der Waals surface area contributed by atoms with Crippen LogP contribution in [0.4, 0.5) is 28.7 Å². The molecule has 5 N–H and O–H groups in total. The summed E-state index contributed by atoms with van der Waals surface area (Å²) in [7, 11) is -1.54. The van der Waals surface area contributed by atoms with Crippen LogP contribution in [0.15, 0.2) is 57.6 Å². The molecule has 0 unspecified atom stereocenters. The van der Waals surface area contributed by atoms with Gasteiger partial charge in [0.25, 0.3) is 0 Å². The highest BCUT2D eigenvalue weighted by Crippen LogP contribution is 2.41. The van der Waals surface area contributed by atoms with E-state index < -0.39 is 27.5 Å². The third kappa shape index (κ3) is 36.2. The minimum Gasteiger partial charge on any atom is -0.495 e. The zero-order valence-corrected chi connectivity index (χ0v) is 56.6. The van der Waals surface area contributed by atoms with Gasteiger partial charge in [-0.3, -0.25) is 33.7 Å². The number of aliphatic hydroxyl groups is 3. The minimum atomic E-state index is -4.17. The van der Waals surface area contributed by atoms with E-state index in [1.165, 1.54) is 26.4 Å². The van der Waals surface area contributed by atoms with Crippen molar-refractivity contribution in [3.63, 3.8) is 0 Å². The number of esters is 6. The summed E-state index contributed by atoms with van der Waals surface area (Å²) in [6, 6.07) is 13.9. The topological polar surface area (TPSA) is 369 Å². The van der Waals surface area contributed by atoms with E-state index in [-0.39, 0.29) is 200 Å². The number of carbonyl (C=O) groups excluding carboxylic acids is 6. The van der Waals surface area contributed by atoms with Gasteiger partial charge < -0.3 is 68.6 Å². The van der Waals surface area contributed by atoms with E-state index in [0.717, 1.165) is 19.3 Å². The lowest BCUT2D eigenvalue weighted by atomic mass is 10.1. The highest BCUT2D eigenvalue weighted by atomic mass is 32.2. The van der Waals surface area contributed by atoms with Gasteiger partial charge in [-0.25, -0.2) is 13.4 Å². The van der Waals surface area contributed by atoms with Crippen LogP contribution >= 0.6 is 0 Å². The number of ether oxygens (including phenoxy) is 9. The number of para-hydroxylation sites is 1. The number of hydrogen-bond acceptors (Lipinski definition) is 27. The maximum atomic E-state index is 14.3. The van der Waals surface area contributed by atoms with Gasteiger partial charge in [0.15, 0.2) is 15.7 Å². The van der Waals surface area contributed by atoms with E-state index in [2.05, 4.69) is 26.9 Å². The number of methoxy groups -OCH3 is 2. The number of nitrogens with zero attached hydrogens (tertiary/aromatic N) is 5. The number of pyridine rings is 1.